The topological polar surface area (TPSA) is 29.3 Å². The van der Waals surface area contributed by atoms with Gasteiger partial charge in [0.2, 0.25) is 0 Å². The van der Waals surface area contributed by atoms with E-state index < -0.39 is 0 Å². The Morgan fingerprint density at radius 3 is 2.95 bits per heavy atom. The van der Waals surface area contributed by atoms with Gasteiger partial charge < -0.3 is 10.6 Å². The Kier molecular flexibility index (Phi) is 5.34. The Bertz CT molecular complexity index is 392. The molecular weight excluding hydrogens is 239 g/mol. The molecule has 1 heterocycles. The molecule has 1 aromatic carbocycles. The van der Waals surface area contributed by atoms with Gasteiger partial charge in [-0.15, -0.1) is 0 Å². The van der Waals surface area contributed by atoms with Crippen LogP contribution in [0.3, 0.4) is 0 Å². The summed E-state index contributed by atoms with van der Waals surface area (Å²) >= 11 is 0. The molecular formula is C16H25FN2. The molecule has 2 rings (SSSR count). The zero-order valence-corrected chi connectivity index (χ0v) is 11.8. The lowest BCUT2D eigenvalue weighted by Crippen LogP contribution is -2.42. The van der Waals surface area contributed by atoms with Gasteiger partial charge in [-0.3, -0.25) is 0 Å². The summed E-state index contributed by atoms with van der Waals surface area (Å²) in [5.41, 5.74) is 6.49. The molecule has 1 aromatic rings. The van der Waals surface area contributed by atoms with Crippen molar-refractivity contribution >= 4 is 0 Å². The largest absolute Gasteiger partial charge is 0.330 e. The second kappa shape index (κ2) is 7.01. The molecule has 3 heteroatoms. The molecule has 0 amide bonds. The second-order valence-electron chi connectivity index (χ2n) is 5.73. The van der Waals surface area contributed by atoms with Crippen LogP contribution in [0, 0.1) is 11.7 Å². The molecule has 1 saturated heterocycles. The average Bonchev–Trinajstić information content (AvgIpc) is 2.42. The Labute approximate surface area is 115 Å². The highest BCUT2D eigenvalue weighted by Crippen LogP contribution is 2.22. The fourth-order valence-electron chi connectivity index (χ4n) is 3.08. The first-order valence-electron chi connectivity index (χ1n) is 7.38. The summed E-state index contributed by atoms with van der Waals surface area (Å²) in [6.45, 7) is 5.24. The Morgan fingerprint density at radius 2 is 2.21 bits per heavy atom. The Hall–Kier alpha value is -0.930. The van der Waals surface area contributed by atoms with Crippen LogP contribution in [0.5, 0.6) is 0 Å². The van der Waals surface area contributed by atoms with Crippen molar-refractivity contribution in [3.63, 3.8) is 0 Å². The van der Waals surface area contributed by atoms with Crippen LogP contribution in [0.1, 0.15) is 31.7 Å². The summed E-state index contributed by atoms with van der Waals surface area (Å²) in [5, 5.41) is 0. The van der Waals surface area contributed by atoms with E-state index in [4.69, 9.17) is 5.73 Å². The average molecular weight is 264 g/mol. The van der Waals surface area contributed by atoms with Crippen LogP contribution in [0.2, 0.25) is 0 Å². The van der Waals surface area contributed by atoms with Gasteiger partial charge in [0.25, 0.3) is 0 Å². The van der Waals surface area contributed by atoms with Gasteiger partial charge in [0.15, 0.2) is 0 Å². The van der Waals surface area contributed by atoms with Crippen molar-refractivity contribution in [2.75, 3.05) is 19.6 Å². The maximum absolute atomic E-state index is 13.7. The van der Waals surface area contributed by atoms with Crippen molar-refractivity contribution in [3.05, 3.63) is 35.6 Å². The van der Waals surface area contributed by atoms with Crippen LogP contribution in [-0.4, -0.2) is 30.6 Å². The second-order valence-corrected chi connectivity index (χ2v) is 5.73. The number of likely N-dealkylation sites (tertiary alicyclic amines) is 1. The highest BCUT2D eigenvalue weighted by atomic mass is 19.1. The van der Waals surface area contributed by atoms with E-state index in [9.17, 15) is 4.39 Å². The summed E-state index contributed by atoms with van der Waals surface area (Å²) in [4.78, 5) is 2.50. The van der Waals surface area contributed by atoms with E-state index in [0.717, 1.165) is 44.0 Å². The van der Waals surface area contributed by atoms with Gasteiger partial charge in [-0.2, -0.15) is 0 Å². The summed E-state index contributed by atoms with van der Waals surface area (Å²) in [6.07, 6.45) is 4.44. The fourth-order valence-corrected chi connectivity index (χ4v) is 3.08. The van der Waals surface area contributed by atoms with Crippen molar-refractivity contribution in [1.82, 2.24) is 4.90 Å². The number of halogens is 1. The highest BCUT2D eigenvalue weighted by molar-refractivity contribution is 5.18. The number of piperidine rings is 1. The molecule has 2 N–H and O–H groups in total. The van der Waals surface area contributed by atoms with Crippen LogP contribution in [0.15, 0.2) is 24.3 Å². The van der Waals surface area contributed by atoms with Crippen molar-refractivity contribution in [1.29, 1.82) is 0 Å². The molecule has 0 saturated carbocycles. The van der Waals surface area contributed by atoms with E-state index in [1.54, 1.807) is 12.1 Å². The highest BCUT2D eigenvalue weighted by Gasteiger charge is 2.23. The SMILES string of the molecule is CC(Cc1ccccc1F)N1CCCC(CCN)C1. The predicted octanol–water partition coefficient (Wildman–Crippen LogP) is 2.82. The van der Waals surface area contributed by atoms with Gasteiger partial charge in [0.1, 0.15) is 5.82 Å². The number of nitrogens with two attached hydrogens (primary N) is 1. The molecule has 1 fully saturated rings. The third kappa shape index (κ3) is 4.02. The van der Waals surface area contributed by atoms with Crippen LogP contribution >= 0.6 is 0 Å². The molecule has 0 spiro atoms. The van der Waals surface area contributed by atoms with Crippen molar-refractivity contribution in [2.24, 2.45) is 11.7 Å². The molecule has 2 unspecified atom stereocenters. The number of hydrogen-bond acceptors (Lipinski definition) is 2. The molecule has 1 aliphatic heterocycles. The third-order valence-corrected chi connectivity index (χ3v) is 4.22. The number of hydrogen-bond donors (Lipinski definition) is 1. The minimum absolute atomic E-state index is 0.0788. The molecule has 2 nitrogen and oxygen atoms in total. The lowest BCUT2D eigenvalue weighted by atomic mass is 9.93. The lowest BCUT2D eigenvalue weighted by molar-refractivity contribution is 0.127. The zero-order valence-electron chi connectivity index (χ0n) is 11.8. The van der Waals surface area contributed by atoms with E-state index in [1.807, 2.05) is 12.1 Å². The summed E-state index contributed by atoms with van der Waals surface area (Å²) < 4.78 is 13.7. The summed E-state index contributed by atoms with van der Waals surface area (Å²) in [6, 6.07) is 7.51. The van der Waals surface area contributed by atoms with Crippen LogP contribution < -0.4 is 5.73 Å². The molecule has 0 bridgehead atoms. The van der Waals surface area contributed by atoms with Crippen molar-refractivity contribution in [2.45, 2.75) is 38.6 Å². The predicted molar refractivity (Wildman–Crippen MR) is 77.5 cm³/mol. The fraction of sp³-hybridized carbons (Fsp3) is 0.625. The molecule has 1 aliphatic rings. The van der Waals surface area contributed by atoms with Gasteiger partial charge in [0, 0.05) is 12.6 Å². The zero-order chi connectivity index (χ0) is 13.7. The van der Waals surface area contributed by atoms with Crippen molar-refractivity contribution in [3.8, 4) is 0 Å². The number of nitrogens with zero attached hydrogens (tertiary/aromatic N) is 1. The standard InChI is InChI=1S/C16H25FN2/c1-13(11-15-6-2-3-7-16(15)17)19-10-4-5-14(12-19)8-9-18/h2-3,6-7,13-14H,4-5,8-12,18H2,1H3. The molecule has 19 heavy (non-hydrogen) atoms. The Balaban J connectivity index is 1.92. The maximum atomic E-state index is 13.7. The van der Waals surface area contributed by atoms with Gasteiger partial charge in [-0.05, 0) is 63.2 Å². The van der Waals surface area contributed by atoms with E-state index in [0.29, 0.717) is 6.04 Å². The van der Waals surface area contributed by atoms with Crippen LogP contribution in [-0.2, 0) is 6.42 Å². The minimum Gasteiger partial charge on any atom is -0.330 e. The van der Waals surface area contributed by atoms with Crippen LogP contribution in [0.25, 0.3) is 0 Å². The van der Waals surface area contributed by atoms with E-state index in [-0.39, 0.29) is 5.82 Å². The number of benzene rings is 1. The first-order chi connectivity index (χ1) is 9.20. The third-order valence-electron chi connectivity index (χ3n) is 4.22. The van der Waals surface area contributed by atoms with Gasteiger partial charge >= 0.3 is 0 Å². The maximum Gasteiger partial charge on any atom is 0.126 e. The normalized spacial score (nSPS) is 22.4. The number of rotatable bonds is 5. The summed E-state index contributed by atoms with van der Waals surface area (Å²) in [5.74, 6) is 0.645. The first kappa shape index (κ1) is 14.5. The lowest BCUT2D eigenvalue weighted by Gasteiger charge is -2.37. The van der Waals surface area contributed by atoms with E-state index in [1.165, 1.54) is 12.8 Å². The van der Waals surface area contributed by atoms with Gasteiger partial charge in [-0.25, -0.2) is 4.39 Å². The molecule has 0 aliphatic carbocycles. The molecule has 0 radical (unpaired) electrons. The van der Waals surface area contributed by atoms with Crippen LogP contribution in [0.4, 0.5) is 4.39 Å². The molecule has 106 valence electrons. The monoisotopic (exact) mass is 264 g/mol. The van der Waals surface area contributed by atoms with E-state index >= 15 is 0 Å². The molecule has 2 atom stereocenters. The smallest absolute Gasteiger partial charge is 0.126 e. The van der Waals surface area contributed by atoms with Crippen molar-refractivity contribution < 1.29 is 4.39 Å². The first-order valence-corrected chi connectivity index (χ1v) is 7.38. The minimum atomic E-state index is -0.0788. The Morgan fingerprint density at radius 1 is 1.42 bits per heavy atom. The summed E-state index contributed by atoms with van der Waals surface area (Å²) in [7, 11) is 0. The molecule has 0 aromatic heterocycles. The van der Waals surface area contributed by atoms with Gasteiger partial charge in [0.05, 0.1) is 0 Å². The van der Waals surface area contributed by atoms with E-state index in [2.05, 4.69) is 11.8 Å². The van der Waals surface area contributed by atoms with Gasteiger partial charge in [-0.1, -0.05) is 18.2 Å². The quantitative estimate of drug-likeness (QED) is 0.886.